The van der Waals surface area contributed by atoms with E-state index in [1.165, 1.54) is 0 Å². The topological polar surface area (TPSA) is 21.3 Å². The fraction of sp³-hybridized carbons (Fsp3) is 0.600. The minimum atomic E-state index is -4.15. The van der Waals surface area contributed by atoms with Crippen LogP contribution in [0.1, 0.15) is 32.4 Å². The van der Waals surface area contributed by atoms with Crippen molar-refractivity contribution in [2.45, 2.75) is 32.3 Å². The summed E-state index contributed by atoms with van der Waals surface area (Å²) in [5.41, 5.74) is -3.12. The van der Waals surface area contributed by atoms with Gasteiger partial charge in [-0.15, -0.1) is 0 Å². The normalized spacial score (nSPS) is 13.5. The van der Waals surface area contributed by atoms with Crippen molar-refractivity contribution in [1.82, 2.24) is 5.32 Å². The molecule has 0 aliphatic carbocycles. The number of nitrogens with one attached hydrogen (secondary N) is 1. The van der Waals surface area contributed by atoms with Gasteiger partial charge >= 0.3 is 5.51 Å². The molecule has 0 fully saturated rings. The van der Waals surface area contributed by atoms with E-state index in [-0.39, 0.29) is 23.6 Å². The molecule has 0 amide bonds. The number of thioether (sulfide) groups is 1. The Labute approximate surface area is 128 Å². The van der Waals surface area contributed by atoms with Crippen LogP contribution in [0.15, 0.2) is 24.3 Å². The van der Waals surface area contributed by atoms with Crippen LogP contribution in [-0.2, 0) is 0 Å². The van der Waals surface area contributed by atoms with Crippen molar-refractivity contribution in [1.29, 1.82) is 0 Å². The van der Waals surface area contributed by atoms with Crippen molar-refractivity contribution in [2.24, 2.45) is 5.92 Å². The average Bonchev–Trinajstić information content (AvgIpc) is 2.40. The molecule has 1 aromatic rings. The molecule has 1 N–H and O–H groups in total. The third kappa shape index (κ3) is 8.21. The van der Waals surface area contributed by atoms with E-state index in [2.05, 4.69) is 19.2 Å². The van der Waals surface area contributed by atoms with Gasteiger partial charge in [-0.1, -0.05) is 26.0 Å². The van der Waals surface area contributed by atoms with Gasteiger partial charge < -0.3 is 10.1 Å². The van der Waals surface area contributed by atoms with E-state index >= 15 is 0 Å². The fourth-order valence-corrected chi connectivity index (χ4v) is 2.13. The number of rotatable bonds is 8. The Morgan fingerprint density at radius 2 is 1.76 bits per heavy atom. The number of hydrogen-bond donors (Lipinski definition) is 1. The molecule has 0 aliphatic heterocycles. The van der Waals surface area contributed by atoms with Crippen molar-refractivity contribution in [3.63, 3.8) is 0 Å². The van der Waals surface area contributed by atoms with Gasteiger partial charge in [-0.2, -0.15) is 13.2 Å². The molecule has 0 radical (unpaired) electrons. The van der Waals surface area contributed by atoms with Crippen LogP contribution in [0.4, 0.5) is 13.2 Å². The molecule has 0 spiro atoms. The van der Waals surface area contributed by atoms with Crippen molar-refractivity contribution in [3.05, 3.63) is 29.8 Å². The second kappa shape index (κ2) is 8.54. The van der Waals surface area contributed by atoms with E-state index in [0.717, 1.165) is 11.3 Å². The molecule has 2 nitrogen and oxygen atoms in total. The third-order valence-electron chi connectivity index (χ3n) is 2.78. The number of ether oxygens (including phenoxy) is 1. The maximum absolute atomic E-state index is 12.0. The zero-order valence-electron chi connectivity index (χ0n) is 12.5. The highest BCUT2D eigenvalue weighted by Crippen LogP contribution is 2.29. The Morgan fingerprint density at radius 1 is 1.14 bits per heavy atom. The van der Waals surface area contributed by atoms with Crippen LogP contribution in [0.25, 0.3) is 0 Å². The maximum Gasteiger partial charge on any atom is 0.441 e. The molecule has 1 unspecified atom stereocenters. The Hall–Kier alpha value is -0.880. The molecule has 1 rings (SSSR count). The van der Waals surface area contributed by atoms with Gasteiger partial charge in [0.2, 0.25) is 0 Å². The third-order valence-corrected chi connectivity index (χ3v) is 3.52. The number of halogens is 3. The van der Waals surface area contributed by atoms with Gasteiger partial charge in [0, 0.05) is 18.3 Å². The molecule has 6 heteroatoms. The molecule has 0 saturated heterocycles. The van der Waals surface area contributed by atoms with Crippen LogP contribution in [0, 0.1) is 5.92 Å². The molecule has 21 heavy (non-hydrogen) atoms. The molecule has 1 aromatic carbocycles. The van der Waals surface area contributed by atoms with E-state index < -0.39 is 5.51 Å². The quantitative estimate of drug-likeness (QED) is 0.706. The monoisotopic (exact) mass is 321 g/mol. The van der Waals surface area contributed by atoms with Crippen molar-refractivity contribution in [2.75, 3.05) is 18.9 Å². The summed E-state index contributed by atoms with van der Waals surface area (Å²) in [6, 6.07) is 7.66. The van der Waals surface area contributed by atoms with Gasteiger partial charge in [-0.25, -0.2) is 0 Å². The summed E-state index contributed by atoms with van der Waals surface area (Å²) in [4.78, 5) is 0. The predicted molar refractivity (Wildman–Crippen MR) is 81.7 cm³/mol. The van der Waals surface area contributed by atoms with E-state index in [1.807, 2.05) is 31.2 Å². The summed E-state index contributed by atoms with van der Waals surface area (Å²) in [5.74, 6) is 1.30. The molecule has 0 saturated carbocycles. The maximum atomic E-state index is 12.0. The summed E-state index contributed by atoms with van der Waals surface area (Å²) in [7, 11) is 0. The van der Waals surface area contributed by atoms with Crippen molar-refractivity contribution in [3.8, 4) is 5.75 Å². The van der Waals surface area contributed by atoms with Crippen LogP contribution in [0.3, 0.4) is 0 Å². The standard InChI is InChI=1S/C15H22F3NOS/c1-11(2)10-20-14-6-4-13(5-7-14)12(3)19-8-9-21-15(16,17)18/h4-7,11-12,19H,8-10H2,1-3H3. The van der Waals surface area contributed by atoms with E-state index in [0.29, 0.717) is 19.1 Å². The molecule has 0 aliphatic rings. The SMILES string of the molecule is CC(C)COc1ccc(C(C)NCCSC(F)(F)F)cc1. The number of alkyl halides is 3. The Balaban J connectivity index is 2.35. The Kier molecular flexibility index (Phi) is 7.39. The first-order valence-corrected chi connectivity index (χ1v) is 7.93. The van der Waals surface area contributed by atoms with Crippen LogP contribution < -0.4 is 10.1 Å². The van der Waals surface area contributed by atoms with Gasteiger partial charge in [0.25, 0.3) is 0 Å². The van der Waals surface area contributed by atoms with Gasteiger partial charge in [-0.05, 0) is 42.3 Å². The highest BCUT2D eigenvalue weighted by molar-refractivity contribution is 8.00. The predicted octanol–water partition coefficient (Wildman–Crippen LogP) is 4.63. The minimum Gasteiger partial charge on any atom is -0.493 e. The van der Waals surface area contributed by atoms with Gasteiger partial charge in [0.1, 0.15) is 5.75 Å². The molecular formula is C15H22F3NOS. The molecule has 0 aromatic heterocycles. The largest absolute Gasteiger partial charge is 0.493 e. The molecule has 0 bridgehead atoms. The summed E-state index contributed by atoms with van der Waals surface area (Å²) < 4.78 is 41.6. The first-order valence-electron chi connectivity index (χ1n) is 6.95. The van der Waals surface area contributed by atoms with Crippen LogP contribution in [-0.4, -0.2) is 24.4 Å². The number of hydrogen-bond acceptors (Lipinski definition) is 3. The molecule has 120 valence electrons. The van der Waals surface area contributed by atoms with Crippen molar-refractivity contribution >= 4 is 11.8 Å². The first kappa shape index (κ1) is 18.2. The van der Waals surface area contributed by atoms with E-state index in [9.17, 15) is 13.2 Å². The Morgan fingerprint density at radius 3 is 2.29 bits per heavy atom. The van der Waals surface area contributed by atoms with Gasteiger partial charge in [0.05, 0.1) is 6.61 Å². The highest BCUT2D eigenvalue weighted by atomic mass is 32.2. The van der Waals surface area contributed by atoms with Crippen LogP contribution in [0.5, 0.6) is 5.75 Å². The second-order valence-electron chi connectivity index (χ2n) is 5.24. The van der Waals surface area contributed by atoms with Gasteiger partial charge in [-0.3, -0.25) is 0 Å². The van der Waals surface area contributed by atoms with Crippen LogP contribution in [0.2, 0.25) is 0 Å². The summed E-state index contributed by atoms with van der Waals surface area (Å²) in [6.07, 6.45) is 0. The highest BCUT2D eigenvalue weighted by Gasteiger charge is 2.27. The van der Waals surface area contributed by atoms with Crippen molar-refractivity contribution < 1.29 is 17.9 Å². The lowest BCUT2D eigenvalue weighted by Gasteiger charge is -2.15. The zero-order valence-corrected chi connectivity index (χ0v) is 13.4. The van der Waals surface area contributed by atoms with E-state index in [4.69, 9.17) is 4.74 Å². The Bertz CT molecular complexity index is 406. The second-order valence-corrected chi connectivity index (χ2v) is 6.40. The lowest BCUT2D eigenvalue weighted by molar-refractivity contribution is -0.0327. The first-order chi connectivity index (χ1) is 9.78. The number of benzene rings is 1. The van der Waals surface area contributed by atoms with Crippen LogP contribution >= 0.6 is 11.8 Å². The summed E-state index contributed by atoms with van der Waals surface area (Å²) in [6.45, 7) is 7.08. The van der Waals surface area contributed by atoms with Gasteiger partial charge in [0.15, 0.2) is 0 Å². The summed E-state index contributed by atoms with van der Waals surface area (Å²) >= 11 is -0.0000506. The minimum absolute atomic E-state index is 0.0000506. The summed E-state index contributed by atoms with van der Waals surface area (Å²) in [5, 5.41) is 3.08. The fourth-order valence-electron chi connectivity index (χ4n) is 1.68. The lowest BCUT2D eigenvalue weighted by atomic mass is 10.1. The lowest BCUT2D eigenvalue weighted by Crippen LogP contribution is -2.22. The smallest absolute Gasteiger partial charge is 0.441 e. The molecular weight excluding hydrogens is 299 g/mol. The average molecular weight is 321 g/mol. The molecule has 0 heterocycles. The van der Waals surface area contributed by atoms with E-state index in [1.54, 1.807) is 0 Å². The molecule has 1 atom stereocenters. The zero-order chi connectivity index (χ0) is 15.9.